The number of nitrogens with two attached hydrogens (primary N) is 1. The Kier molecular flexibility index (Phi) is 4.26. The highest BCUT2D eigenvalue weighted by Gasteiger charge is 2.25. The molecule has 0 bridgehead atoms. The van der Waals surface area contributed by atoms with Gasteiger partial charge in [0.05, 0.1) is 0 Å². The number of hydrogen-bond donors (Lipinski definition) is 1. The standard InChI is InChI=1S/C8H18N2S/c1-11-6-2-4-10-5-3-8(10)7-9/h8H,2-7,9H2,1H3. The number of hydrogen-bond acceptors (Lipinski definition) is 3. The quantitative estimate of drug-likeness (QED) is 0.624. The molecule has 1 aliphatic rings. The molecule has 1 rings (SSSR count). The van der Waals surface area contributed by atoms with Gasteiger partial charge in [0.15, 0.2) is 0 Å². The van der Waals surface area contributed by atoms with Crippen molar-refractivity contribution in [1.29, 1.82) is 0 Å². The Morgan fingerprint density at radius 1 is 1.64 bits per heavy atom. The van der Waals surface area contributed by atoms with Crippen LogP contribution in [0.5, 0.6) is 0 Å². The molecule has 1 unspecified atom stereocenters. The second-order valence-electron chi connectivity index (χ2n) is 3.06. The van der Waals surface area contributed by atoms with Crippen molar-refractivity contribution in [1.82, 2.24) is 4.90 Å². The minimum Gasteiger partial charge on any atom is -0.329 e. The lowest BCUT2D eigenvalue weighted by Gasteiger charge is -2.40. The van der Waals surface area contributed by atoms with E-state index in [1.807, 2.05) is 11.8 Å². The fraction of sp³-hybridized carbons (Fsp3) is 1.00. The third kappa shape index (κ3) is 2.65. The van der Waals surface area contributed by atoms with E-state index in [4.69, 9.17) is 5.73 Å². The maximum Gasteiger partial charge on any atom is 0.0230 e. The SMILES string of the molecule is CSCCCN1CCC1CN. The lowest BCUT2D eigenvalue weighted by atomic mass is 10.0. The van der Waals surface area contributed by atoms with Gasteiger partial charge in [0.1, 0.15) is 0 Å². The second-order valence-corrected chi connectivity index (χ2v) is 4.05. The average Bonchev–Trinajstić information content (AvgIpc) is 1.97. The Morgan fingerprint density at radius 2 is 2.45 bits per heavy atom. The highest BCUT2D eigenvalue weighted by Crippen LogP contribution is 2.16. The second kappa shape index (κ2) is 5.01. The summed E-state index contributed by atoms with van der Waals surface area (Å²) in [5.41, 5.74) is 5.58. The molecule has 2 nitrogen and oxygen atoms in total. The number of nitrogens with zero attached hydrogens (tertiary/aromatic N) is 1. The van der Waals surface area contributed by atoms with E-state index < -0.39 is 0 Å². The Hall–Kier alpha value is 0.270. The van der Waals surface area contributed by atoms with Crippen LogP contribution in [-0.2, 0) is 0 Å². The lowest BCUT2D eigenvalue weighted by molar-refractivity contribution is 0.0976. The summed E-state index contributed by atoms with van der Waals surface area (Å²) < 4.78 is 0. The molecule has 0 aromatic heterocycles. The van der Waals surface area contributed by atoms with Gasteiger partial charge in [-0.05, 0) is 31.4 Å². The summed E-state index contributed by atoms with van der Waals surface area (Å²) in [6, 6.07) is 0.705. The van der Waals surface area contributed by atoms with Crippen molar-refractivity contribution in [3.05, 3.63) is 0 Å². The highest BCUT2D eigenvalue weighted by molar-refractivity contribution is 7.98. The number of thioether (sulfide) groups is 1. The van der Waals surface area contributed by atoms with Crippen LogP contribution in [-0.4, -0.2) is 42.6 Å². The van der Waals surface area contributed by atoms with E-state index in [0.29, 0.717) is 6.04 Å². The van der Waals surface area contributed by atoms with E-state index in [1.54, 1.807) is 0 Å². The van der Waals surface area contributed by atoms with Crippen LogP contribution in [0, 0.1) is 0 Å². The maximum atomic E-state index is 5.58. The van der Waals surface area contributed by atoms with Gasteiger partial charge in [0.25, 0.3) is 0 Å². The summed E-state index contributed by atoms with van der Waals surface area (Å²) in [7, 11) is 0. The number of likely N-dealkylation sites (tertiary alicyclic amines) is 1. The topological polar surface area (TPSA) is 29.3 Å². The summed E-state index contributed by atoms with van der Waals surface area (Å²) in [5.74, 6) is 1.29. The van der Waals surface area contributed by atoms with Crippen molar-refractivity contribution in [3.8, 4) is 0 Å². The van der Waals surface area contributed by atoms with E-state index in [1.165, 1.54) is 31.7 Å². The Bertz CT molecular complexity index is 106. The zero-order valence-corrected chi connectivity index (χ0v) is 8.07. The molecule has 1 fully saturated rings. The molecule has 0 radical (unpaired) electrons. The lowest BCUT2D eigenvalue weighted by Crippen LogP contribution is -2.51. The zero-order valence-electron chi connectivity index (χ0n) is 7.25. The first-order chi connectivity index (χ1) is 5.38. The molecule has 1 aliphatic heterocycles. The zero-order chi connectivity index (χ0) is 8.10. The van der Waals surface area contributed by atoms with E-state index in [0.717, 1.165) is 6.54 Å². The molecule has 11 heavy (non-hydrogen) atoms. The van der Waals surface area contributed by atoms with Gasteiger partial charge >= 0.3 is 0 Å². The van der Waals surface area contributed by atoms with Crippen molar-refractivity contribution in [3.63, 3.8) is 0 Å². The average molecular weight is 174 g/mol. The monoisotopic (exact) mass is 174 g/mol. The van der Waals surface area contributed by atoms with Crippen molar-refractivity contribution in [2.24, 2.45) is 5.73 Å². The van der Waals surface area contributed by atoms with Crippen LogP contribution in [0.4, 0.5) is 0 Å². The first-order valence-electron chi connectivity index (χ1n) is 4.31. The first kappa shape index (κ1) is 9.36. The summed E-state index contributed by atoms with van der Waals surface area (Å²) >= 11 is 1.93. The molecular weight excluding hydrogens is 156 g/mol. The normalized spacial score (nSPS) is 25.1. The summed E-state index contributed by atoms with van der Waals surface area (Å²) in [6.07, 6.45) is 4.80. The van der Waals surface area contributed by atoms with Gasteiger partial charge in [0, 0.05) is 19.1 Å². The van der Waals surface area contributed by atoms with Crippen molar-refractivity contribution >= 4 is 11.8 Å². The molecule has 0 aromatic rings. The van der Waals surface area contributed by atoms with E-state index in [-0.39, 0.29) is 0 Å². The summed E-state index contributed by atoms with van der Waals surface area (Å²) in [5, 5.41) is 0. The van der Waals surface area contributed by atoms with Gasteiger partial charge in [-0.1, -0.05) is 0 Å². The molecule has 1 atom stereocenters. The van der Waals surface area contributed by atoms with Crippen molar-refractivity contribution in [2.45, 2.75) is 18.9 Å². The van der Waals surface area contributed by atoms with Crippen molar-refractivity contribution < 1.29 is 0 Å². The van der Waals surface area contributed by atoms with E-state index in [2.05, 4.69) is 11.2 Å². The van der Waals surface area contributed by atoms with Crippen LogP contribution in [0.1, 0.15) is 12.8 Å². The smallest absolute Gasteiger partial charge is 0.0230 e. The van der Waals surface area contributed by atoms with Crippen LogP contribution in [0.3, 0.4) is 0 Å². The summed E-state index contributed by atoms with van der Waals surface area (Å²) in [6.45, 7) is 3.37. The molecule has 0 aromatic carbocycles. The Labute approximate surface area is 73.5 Å². The van der Waals surface area contributed by atoms with Gasteiger partial charge in [0.2, 0.25) is 0 Å². The third-order valence-corrected chi connectivity index (χ3v) is 3.03. The summed E-state index contributed by atoms with van der Waals surface area (Å²) in [4.78, 5) is 2.50. The first-order valence-corrected chi connectivity index (χ1v) is 5.71. The minimum absolute atomic E-state index is 0.705. The number of rotatable bonds is 5. The van der Waals surface area contributed by atoms with Gasteiger partial charge in [-0.25, -0.2) is 0 Å². The van der Waals surface area contributed by atoms with Crippen LogP contribution >= 0.6 is 11.8 Å². The maximum absolute atomic E-state index is 5.58. The van der Waals surface area contributed by atoms with E-state index >= 15 is 0 Å². The van der Waals surface area contributed by atoms with Gasteiger partial charge < -0.3 is 5.73 Å². The Balaban J connectivity index is 1.98. The van der Waals surface area contributed by atoms with Gasteiger partial charge in [-0.3, -0.25) is 4.90 Å². The van der Waals surface area contributed by atoms with Crippen LogP contribution in [0.2, 0.25) is 0 Å². The van der Waals surface area contributed by atoms with Crippen LogP contribution in [0.25, 0.3) is 0 Å². The molecular formula is C8H18N2S. The Morgan fingerprint density at radius 3 is 2.91 bits per heavy atom. The highest BCUT2D eigenvalue weighted by atomic mass is 32.2. The largest absolute Gasteiger partial charge is 0.329 e. The van der Waals surface area contributed by atoms with Crippen LogP contribution in [0.15, 0.2) is 0 Å². The molecule has 3 heteroatoms. The molecule has 66 valence electrons. The molecule has 0 spiro atoms. The predicted octanol–water partition coefficient (Wildman–Crippen LogP) is 0.772. The minimum atomic E-state index is 0.705. The van der Waals surface area contributed by atoms with Gasteiger partial charge in [-0.2, -0.15) is 11.8 Å². The van der Waals surface area contributed by atoms with E-state index in [9.17, 15) is 0 Å². The van der Waals surface area contributed by atoms with Gasteiger partial charge in [-0.15, -0.1) is 0 Å². The van der Waals surface area contributed by atoms with Crippen LogP contribution < -0.4 is 5.73 Å². The fourth-order valence-corrected chi connectivity index (χ4v) is 1.89. The molecule has 0 saturated carbocycles. The van der Waals surface area contributed by atoms with Crippen molar-refractivity contribution in [2.75, 3.05) is 31.6 Å². The third-order valence-electron chi connectivity index (χ3n) is 2.33. The fourth-order valence-electron chi connectivity index (χ4n) is 1.47. The molecule has 0 aliphatic carbocycles. The predicted molar refractivity (Wildman–Crippen MR) is 52.0 cm³/mol. The molecule has 1 heterocycles. The molecule has 0 amide bonds. The molecule has 1 saturated heterocycles. The molecule has 2 N–H and O–H groups in total.